The van der Waals surface area contributed by atoms with Crippen molar-refractivity contribution in [1.29, 1.82) is 0 Å². The summed E-state index contributed by atoms with van der Waals surface area (Å²) in [5.74, 6) is 0.926. The molecule has 1 atom stereocenters. The highest BCUT2D eigenvalue weighted by molar-refractivity contribution is 7.17. The first-order valence-electron chi connectivity index (χ1n) is 5.47. The fraction of sp³-hybridized carbons (Fsp3) is 0.455. The van der Waals surface area contributed by atoms with Crippen LogP contribution in [0.5, 0.6) is 0 Å². The summed E-state index contributed by atoms with van der Waals surface area (Å²) in [4.78, 5) is 8.48. The molecule has 5 heteroatoms. The summed E-state index contributed by atoms with van der Waals surface area (Å²) in [6.07, 6.45) is 4.26. The summed E-state index contributed by atoms with van der Waals surface area (Å²) in [6.45, 7) is 1.73. The van der Waals surface area contributed by atoms with Gasteiger partial charge in [0.15, 0.2) is 0 Å². The Hall–Kier alpha value is -1.20. The summed E-state index contributed by atoms with van der Waals surface area (Å²) in [5, 5.41) is 5.39. The Kier molecular flexibility index (Phi) is 2.71. The Labute approximate surface area is 97.7 Å². The van der Waals surface area contributed by atoms with Crippen LogP contribution in [-0.4, -0.2) is 29.2 Å². The van der Waals surface area contributed by atoms with Gasteiger partial charge in [-0.05, 0) is 24.3 Å². The van der Waals surface area contributed by atoms with Crippen molar-refractivity contribution in [3.8, 4) is 0 Å². The standard InChI is InChI=1S/C11H13N3OS/c1-2-8(15-4-1)6-12-11-10-9(3-5-16-10)13-7-14-11/h3,5,7-8H,1-2,4,6H2,(H,12,13,14). The van der Waals surface area contributed by atoms with Gasteiger partial charge in [-0.2, -0.15) is 0 Å². The van der Waals surface area contributed by atoms with Crippen LogP contribution in [0, 0.1) is 0 Å². The van der Waals surface area contributed by atoms with Gasteiger partial charge >= 0.3 is 0 Å². The van der Waals surface area contributed by atoms with Crippen LogP contribution in [-0.2, 0) is 4.74 Å². The SMILES string of the molecule is c1nc(NCC2CCCO2)c2sccc2n1. The van der Waals surface area contributed by atoms with E-state index in [0.717, 1.165) is 35.6 Å². The molecule has 1 fully saturated rings. The first-order chi connectivity index (χ1) is 7.93. The highest BCUT2D eigenvalue weighted by Gasteiger charge is 2.15. The van der Waals surface area contributed by atoms with Crippen molar-refractivity contribution in [1.82, 2.24) is 9.97 Å². The maximum Gasteiger partial charge on any atom is 0.147 e. The van der Waals surface area contributed by atoms with Crippen LogP contribution in [0.4, 0.5) is 5.82 Å². The van der Waals surface area contributed by atoms with Crippen LogP contribution in [0.25, 0.3) is 10.2 Å². The van der Waals surface area contributed by atoms with E-state index in [2.05, 4.69) is 15.3 Å². The number of ether oxygens (including phenoxy) is 1. The van der Waals surface area contributed by atoms with Crippen LogP contribution in [0.1, 0.15) is 12.8 Å². The molecule has 0 aliphatic carbocycles. The molecule has 1 aliphatic heterocycles. The molecule has 0 radical (unpaired) electrons. The van der Waals surface area contributed by atoms with E-state index in [4.69, 9.17) is 4.74 Å². The van der Waals surface area contributed by atoms with Gasteiger partial charge in [0.1, 0.15) is 12.1 Å². The van der Waals surface area contributed by atoms with Gasteiger partial charge in [0.2, 0.25) is 0 Å². The molecular formula is C11H13N3OS. The molecule has 84 valence electrons. The highest BCUT2D eigenvalue weighted by atomic mass is 32.1. The minimum absolute atomic E-state index is 0.338. The van der Waals surface area contributed by atoms with Crippen molar-refractivity contribution >= 4 is 27.4 Å². The lowest BCUT2D eigenvalue weighted by atomic mass is 10.2. The van der Waals surface area contributed by atoms with Gasteiger partial charge in [-0.15, -0.1) is 11.3 Å². The van der Waals surface area contributed by atoms with Gasteiger partial charge in [-0.1, -0.05) is 0 Å². The molecule has 2 aromatic rings. The van der Waals surface area contributed by atoms with Crippen molar-refractivity contribution in [2.45, 2.75) is 18.9 Å². The van der Waals surface area contributed by atoms with Crippen molar-refractivity contribution in [3.05, 3.63) is 17.8 Å². The largest absolute Gasteiger partial charge is 0.376 e. The number of hydrogen-bond donors (Lipinski definition) is 1. The van der Waals surface area contributed by atoms with Crippen LogP contribution >= 0.6 is 11.3 Å². The quantitative estimate of drug-likeness (QED) is 0.886. The second-order valence-corrected chi connectivity index (χ2v) is 4.79. The molecule has 0 saturated carbocycles. The normalized spacial score (nSPS) is 20.4. The number of aromatic nitrogens is 2. The van der Waals surface area contributed by atoms with Crippen molar-refractivity contribution in [3.63, 3.8) is 0 Å². The number of nitrogens with zero attached hydrogens (tertiary/aromatic N) is 2. The number of anilines is 1. The number of fused-ring (bicyclic) bond motifs is 1. The molecule has 1 aliphatic rings. The number of nitrogens with one attached hydrogen (secondary N) is 1. The third-order valence-corrected chi connectivity index (χ3v) is 3.67. The Morgan fingerprint density at radius 2 is 2.50 bits per heavy atom. The molecule has 1 saturated heterocycles. The summed E-state index contributed by atoms with van der Waals surface area (Å²) in [7, 11) is 0. The van der Waals surface area contributed by atoms with Crippen LogP contribution in [0.3, 0.4) is 0 Å². The molecule has 1 N–H and O–H groups in total. The molecular weight excluding hydrogens is 222 g/mol. The first kappa shape index (κ1) is 9.99. The highest BCUT2D eigenvalue weighted by Crippen LogP contribution is 2.25. The average molecular weight is 235 g/mol. The lowest BCUT2D eigenvalue weighted by Crippen LogP contribution is -2.18. The van der Waals surface area contributed by atoms with Gasteiger partial charge < -0.3 is 10.1 Å². The molecule has 16 heavy (non-hydrogen) atoms. The van der Waals surface area contributed by atoms with E-state index < -0.39 is 0 Å². The third kappa shape index (κ3) is 1.88. The number of hydrogen-bond acceptors (Lipinski definition) is 5. The van der Waals surface area contributed by atoms with Crippen LogP contribution in [0.15, 0.2) is 17.8 Å². The summed E-state index contributed by atoms with van der Waals surface area (Å²) in [6, 6.07) is 2.01. The lowest BCUT2D eigenvalue weighted by Gasteiger charge is -2.11. The van der Waals surface area contributed by atoms with Crippen LogP contribution in [0.2, 0.25) is 0 Å². The predicted octanol–water partition coefficient (Wildman–Crippen LogP) is 2.28. The summed E-state index contributed by atoms with van der Waals surface area (Å²) in [5.41, 5.74) is 1.01. The lowest BCUT2D eigenvalue weighted by molar-refractivity contribution is 0.120. The molecule has 2 aromatic heterocycles. The van der Waals surface area contributed by atoms with Gasteiger partial charge in [-0.3, -0.25) is 0 Å². The van der Waals surface area contributed by atoms with Gasteiger partial charge in [-0.25, -0.2) is 9.97 Å². The minimum atomic E-state index is 0.338. The average Bonchev–Trinajstić information content (AvgIpc) is 2.97. The second kappa shape index (κ2) is 4.35. The van der Waals surface area contributed by atoms with E-state index in [1.807, 2.05) is 11.4 Å². The zero-order chi connectivity index (χ0) is 10.8. The van der Waals surface area contributed by atoms with E-state index in [1.165, 1.54) is 6.42 Å². The maximum absolute atomic E-state index is 5.57. The Balaban J connectivity index is 1.75. The van der Waals surface area contributed by atoms with Crippen LogP contribution < -0.4 is 5.32 Å². The molecule has 4 nitrogen and oxygen atoms in total. The summed E-state index contributed by atoms with van der Waals surface area (Å²) < 4.78 is 6.69. The molecule has 3 heterocycles. The Morgan fingerprint density at radius 3 is 3.38 bits per heavy atom. The molecule has 0 amide bonds. The van der Waals surface area contributed by atoms with Gasteiger partial charge in [0.25, 0.3) is 0 Å². The first-order valence-corrected chi connectivity index (χ1v) is 6.35. The zero-order valence-electron chi connectivity index (χ0n) is 8.85. The molecule has 0 spiro atoms. The second-order valence-electron chi connectivity index (χ2n) is 3.87. The van der Waals surface area contributed by atoms with Crippen molar-refractivity contribution in [2.24, 2.45) is 0 Å². The van der Waals surface area contributed by atoms with E-state index in [0.29, 0.717) is 6.10 Å². The Morgan fingerprint density at radius 1 is 1.50 bits per heavy atom. The minimum Gasteiger partial charge on any atom is -0.376 e. The molecule has 0 aromatic carbocycles. The number of thiophene rings is 1. The fourth-order valence-corrected chi connectivity index (χ4v) is 2.74. The number of rotatable bonds is 3. The van der Waals surface area contributed by atoms with Gasteiger partial charge in [0, 0.05) is 13.2 Å². The maximum atomic E-state index is 5.57. The van der Waals surface area contributed by atoms with Crippen molar-refractivity contribution in [2.75, 3.05) is 18.5 Å². The predicted molar refractivity (Wildman–Crippen MR) is 64.9 cm³/mol. The van der Waals surface area contributed by atoms with Gasteiger partial charge in [0.05, 0.1) is 16.3 Å². The fourth-order valence-electron chi connectivity index (χ4n) is 1.93. The van der Waals surface area contributed by atoms with Crippen molar-refractivity contribution < 1.29 is 4.74 Å². The topological polar surface area (TPSA) is 47.0 Å². The molecule has 3 rings (SSSR count). The van der Waals surface area contributed by atoms with E-state index in [-0.39, 0.29) is 0 Å². The third-order valence-electron chi connectivity index (χ3n) is 2.76. The van der Waals surface area contributed by atoms with E-state index in [9.17, 15) is 0 Å². The monoisotopic (exact) mass is 235 g/mol. The molecule has 0 bridgehead atoms. The smallest absolute Gasteiger partial charge is 0.147 e. The molecule has 1 unspecified atom stereocenters. The Bertz CT molecular complexity index is 479. The van der Waals surface area contributed by atoms with E-state index in [1.54, 1.807) is 17.7 Å². The zero-order valence-corrected chi connectivity index (χ0v) is 9.67. The van der Waals surface area contributed by atoms with E-state index >= 15 is 0 Å². The summed E-state index contributed by atoms with van der Waals surface area (Å²) >= 11 is 1.67.